The second kappa shape index (κ2) is 15.7. The van der Waals surface area contributed by atoms with Crippen LogP contribution in [0.2, 0.25) is 0 Å². The lowest BCUT2D eigenvalue weighted by Gasteiger charge is -2.08. The highest BCUT2D eigenvalue weighted by Crippen LogP contribution is 2.21. The molecule has 0 aliphatic rings. The maximum Gasteiger partial charge on any atom is 0.118 e. The van der Waals surface area contributed by atoms with E-state index in [4.69, 9.17) is 0 Å². The number of aromatic hydroxyl groups is 1. The molecule has 0 aromatic heterocycles. The van der Waals surface area contributed by atoms with E-state index in [9.17, 15) is 5.11 Å². The molecule has 0 heterocycles. The highest BCUT2D eigenvalue weighted by molar-refractivity contribution is 5.64. The summed E-state index contributed by atoms with van der Waals surface area (Å²) < 4.78 is 0. The monoisotopic (exact) mass is 442 g/mol. The molecule has 0 amide bonds. The van der Waals surface area contributed by atoms with Crippen LogP contribution in [-0.4, -0.2) is 5.11 Å². The number of phenolic OH excluding ortho intramolecular Hbond substituents is 1. The van der Waals surface area contributed by atoms with Crippen LogP contribution in [0.4, 0.5) is 0 Å². The normalized spacial score (nSPS) is 9.64. The summed E-state index contributed by atoms with van der Waals surface area (Å²) in [6.45, 7) is 16.3. The van der Waals surface area contributed by atoms with Crippen molar-refractivity contribution in [1.29, 1.82) is 0 Å². The van der Waals surface area contributed by atoms with Gasteiger partial charge in [-0.25, -0.2) is 0 Å². The van der Waals surface area contributed by atoms with Crippen LogP contribution in [0.5, 0.6) is 5.75 Å². The number of hydrogen-bond donors (Lipinski definition) is 1. The second-order valence-corrected chi connectivity index (χ2v) is 8.01. The summed E-state index contributed by atoms with van der Waals surface area (Å²) in [5.74, 6) is 0.377. The predicted octanol–water partition coefficient (Wildman–Crippen LogP) is 8.90. The molecule has 0 aliphatic heterocycles. The Labute approximate surface area is 202 Å². The molecule has 1 heteroatoms. The minimum atomic E-state index is 0.377. The fraction of sp³-hybridized carbons (Fsp3) is 0.344. The minimum absolute atomic E-state index is 0.377. The van der Waals surface area contributed by atoms with E-state index in [1.165, 1.54) is 40.7 Å². The van der Waals surface area contributed by atoms with Crippen molar-refractivity contribution in [3.63, 3.8) is 0 Å². The van der Waals surface area contributed by atoms with Crippen LogP contribution in [0.3, 0.4) is 0 Å². The fourth-order valence-electron chi connectivity index (χ4n) is 3.74. The number of allylic oxidation sites excluding steroid dienone is 1. The molecule has 0 radical (unpaired) electrons. The molecule has 33 heavy (non-hydrogen) atoms. The third-order valence-electron chi connectivity index (χ3n) is 5.53. The van der Waals surface area contributed by atoms with Crippen molar-refractivity contribution in [1.82, 2.24) is 0 Å². The number of rotatable bonds is 7. The number of phenols is 1. The molecule has 0 atom stereocenters. The number of hydrogen-bond acceptors (Lipinski definition) is 1. The van der Waals surface area contributed by atoms with Crippen LogP contribution >= 0.6 is 0 Å². The van der Waals surface area contributed by atoms with Gasteiger partial charge in [0.25, 0.3) is 0 Å². The zero-order valence-corrected chi connectivity index (χ0v) is 21.5. The zero-order valence-electron chi connectivity index (χ0n) is 21.5. The summed E-state index contributed by atoms with van der Waals surface area (Å²) in [6.07, 6.45) is 5.39. The van der Waals surface area contributed by atoms with Crippen LogP contribution in [0.1, 0.15) is 74.4 Å². The summed E-state index contributed by atoms with van der Waals surface area (Å²) >= 11 is 0. The molecule has 0 unspecified atom stereocenters. The second-order valence-electron chi connectivity index (χ2n) is 8.01. The summed E-state index contributed by atoms with van der Waals surface area (Å²) in [5, 5.41) is 9.80. The third kappa shape index (κ3) is 9.56. The Bertz CT molecular complexity index is 1020. The molecule has 0 spiro atoms. The van der Waals surface area contributed by atoms with Gasteiger partial charge in [0.05, 0.1) is 0 Å². The Kier molecular flexibility index (Phi) is 13.4. The van der Waals surface area contributed by atoms with Crippen molar-refractivity contribution >= 4 is 5.57 Å². The highest BCUT2D eigenvalue weighted by Gasteiger charge is 2.04. The Morgan fingerprint density at radius 3 is 2.00 bits per heavy atom. The molecule has 3 rings (SSSR count). The quantitative estimate of drug-likeness (QED) is 0.362. The first-order valence-corrected chi connectivity index (χ1v) is 12.3. The number of para-hydroxylation sites is 1. The van der Waals surface area contributed by atoms with Gasteiger partial charge in [0.2, 0.25) is 0 Å². The van der Waals surface area contributed by atoms with Crippen molar-refractivity contribution < 1.29 is 5.11 Å². The van der Waals surface area contributed by atoms with Crippen molar-refractivity contribution in [2.45, 2.75) is 73.6 Å². The maximum absolute atomic E-state index is 9.80. The molecular weight excluding hydrogens is 400 g/mol. The molecule has 0 fully saturated rings. The first-order valence-electron chi connectivity index (χ1n) is 12.3. The highest BCUT2D eigenvalue weighted by atomic mass is 16.3. The zero-order chi connectivity index (χ0) is 24.6. The van der Waals surface area contributed by atoms with E-state index in [1.54, 1.807) is 6.07 Å². The van der Waals surface area contributed by atoms with Crippen molar-refractivity contribution in [3.05, 3.63) is 112 Å². The van der Waals surface area contributed by atoms with Gasteiger partial charge in [-0.2, -0.15) is 0 Å². The van der Waals surface area contributed by atoms with Gasteiger partial charge < -0.3 is 5.11 Å². The Morgan fingerprint density at radius 2 is 1.42 bits per heavy atom. The number of aryl methyl sites for hydroxylation is 5. The van der Waals surface area contributed by atoms with E-state index in [1.807, 2.05) is 39.0 Å². The lowest BCUT2D eigenvalue weighted by Crippen LogP contribution is -1.94. The van der Waals surface area contributed by atoms with E-state index in [-0.39, 0.29) is 0 Å². The largest absolute Gasteiger partial charge is 0.508 e. The minimum Gasteiger partial charge on any atom is -0.508 e. The lowest BCUT2D eigenvalue weighted by molar-refractivity contribution is 0.468. The van der Waals surface area contributed by atoms with E-state index in [0.717, 1.165) is 30.4 Å². The van der Waals surface area contributed by atoms with Crippen molar-refractivity contribution in [2.24, 2.45) is 0 Å². The molecule has 3 aromatic rings. The smallest absolute Gasteiger partial charge is 0.118 e. The van der Waals surface area contributed by atoms with Crippen LogP contribution in [0, 0.1) is 6.92 Å². The molecule has 0 saturated heterocycles. The van der Waals surface area contributed by atoms with Gasteiger partial charge in [0, 0.05) is 0 Å². The van der Waals surface area contributed by atoms with E-state index in [2.05, 4.69) is 75.5 Å². The molecule has 1 nitrogen and oxygen atoms in total. The first-order chi connectivity index (χ1) is 16.0. The van der Waals surface area contributed by atoms with Crippen LogP contribution in [0.25, 0.3) is 5.57 Å². The Balaban J connectivity index is 0.000000354. The molecular formula is C32H42O. The molecule has 0 saturated carbocycles. The number of benzene rings is 3. The molecule has 1 N–H and O–H groups in total. The fourth-order valence-corrected chi connectivity index (χ4v) is 3.74. The van der Waals surface area contributed by atoms with Gasteiger partial charge in [-0.05, 0) is 79.0 Å². The summed E-state index contributed by atoms with van der Waals surface area (Å²) in [7, 11) is 0. The average Bonchev–Trinajstić information content (AvgIpc) is 2.85. The van der Waals surface area contributed by atoms with E-state index >= 15 is 0 Å². The third-order valence-corrected chi connectivity index (χ3v) is 5.53. The van der Waals surface area contributed by atoms with Crippen molar-refractivity contribution in [3.8, 4) is 5.75 Å². The Hall–Kier alpha value is -3.02. The van der Waals surface area contributed by atoms with Crippen LogP contribution < -0.4 is 0 Å². The molecule has 0 bridgehead atoms. The Morgan fingerprint density at radius 1 is 0.818 bits per heavy atom. The van der Waals surface area contributed by atoms with E-state index in [0.29, 0.717) is 5.75 Å². The lowest BCUT2D eigenvalue weighted by atomic mass is 9.97. The predicted molar refractivity (Wildman–Crippen MR) is 146 cm³/mol. The standard InChI is InChI=1S/C19H20O.C11H16.C2H6/c1-4-15(3)18-12-14(2)11-16(13-18)9-10-17-7-5-6-8-19(17)20;1-3-7-11-9-6-5-8-10(11)4-2;1-2/h5-8,11-13,20H,1,9-10H2,2-3H3;5-6,8-9H,3-4,7H2,1-2H3;1-2H3. The van der Waals surface area contributed by atoms with Gasteiger partial charge in [-0.1, -0.05) is 107 Å². The summed E-state index contributed by atoms with van der Waals surface area (Å²) in [5.41, 5.74) is 11.7. The van der Waals surface area contributed by atoms with Crippen LogP contribution in [-0.2, 0) is 25.7 Å². The van der Waals surface area contributed by atoms with Gasteiger partial charge in [-0.3, -0.25) is 0 Å². The van der Waals surface area contributed by atoms with Crippen molar-refractivity contribution in [2.75, 3.05) is 0 Å². The van der Waals surface area contributed by atoms with Gasteiger partial charge in [0.15, 0.2) is 0 Å². The molecule has 0 aliphatic carbocycles. The molecule has 3 aromatic carbocycles. The van der Waals surface area contributed by atoms with Crippen LogP contribution in [0.15, 0.2) is 79.0 Å². The topological polar surface area (TPSA) is 20.2 Å². The summed E-state index contributed by atoms with van der Waals surface area (Å²) in [4.78, 5) is 0. The first kappa shape index (κ1) is 28.0. The average molecular weight is 443 g/mol. The van der Waals surface area contributed by atoms with E-state index < -0.39 is 0 Å². The summed E-state index contributed by atoms with van der Waals surface area (Å²) in [6, 6.07) is 22.8. The maximum atomic E-state index is 9.80. The van der Waals surface area contributed by atoms with Gasteiger partial charge in [0.1, 0.15) is 5.75 Å². The SMILES string of the molecule is C=C=C(C)c1cc(C)cc(CCc2ccccc2O)c1.CC.CCCc1ccccc1CC. The molecule has 176 valence electrons. The van der Waals surface area contributed by atoms with Gasteiger partial charge in [-0.15, -0.1) is 5.73 Å². The van der Waals surface area contributed by atoms with Gasteiger partial charge >= 0.3 is 0 Å².